The molecule has 0 spiro atoms. The highest BCUT2D eigenvalue weighted by atomic mass is 16.4. The van der Waals surface area contributed by atoms with Crippen LogP contribution in [0.3, 0.4) is 0 Å². The van der Waals surface area contributed by atoms with E-state index in [0.29, 0.717) is 17.9 Å². The zero-order valence-electron chi connectivity index (χ0n) is 17.8. The number of hydrogen-bond acceptors (Lipinski definition) is 4. The van der Waals surface area contributed by atoms with Crippen LogP contribution >= 0.6 is 0 Å². The predicted octanol–water partition coefficient (Wildman–Crippen LogP) is 5.22. The highest BCUT2D eigenvalue weighted by Gasteiger charge is 2.22. The second-order valence-corrected chi connectivity index (χ2v) is 8.41. The van der Waals surface area contributed by atoms with E-state index in [-0.39, 0.29) is 22.4 Å². The van der Waals surface area contributed by atoms with Crippen LogP contribution in [0.15, 0.2) is 42.5 Å². The van der Waals surface area contributed by atoms with Gasteiger partial charge in [-0.1, -0.05) is 45.9 Å². The van der Waals surface area contributed by atoms with Gasteiger partial charge in [-0.25, -0.2) is 4.79 Å². The lowest BCUT2D eigenvalue weighted by Crippen LogP contribution is -2.34. The van der Waals surface area contributed by atoms with Crippen LogP contribution in [0, 0.1) is 11.8 Å². The summed E-state index contributed by atoms with van der Waals surface area (Å²) in [7, 11) is 2.01. The number of nitrogens with zero attached hydrogens (tertiary/aromatic N) is 1. The summed E-state index contributed by atoms with van der Waals surface area (Å²) in [4.78, 5) is 26.4. The van der Waals surface area contributed by atoms with E-state index in [2.05, 4.69) is 32.6 Å². The molecule has 0 aromatic heterocycles. The van der Waals surface area contributed by atoms with Crippen LogP contribution < -0.4 is 4.90 Å². The summed E-state index contributed by atoms with van der Waals surface area (Å²) in [6.07, 6.45) is 2.06. The lowest BCUT2D eigenvalue weighted by molar-refractivity contribution is 0.0692. The fourth-order valence-corrected chi connectivity index (χ4v) is 3.66. The van der Waals surface area contributed by atoms with Crippen molar-refractivity contribution in [3.8, 4) is 5.75 Å². The van der Waals surface area contributed by atoms with Crippen LogP contribution in [0.1, 0.15) is 66.8 Å². The largest absolute Gasteiger partial charge is 0.507 e. The molecule has 0 aliphatic rings. The van der Waals surface area contributed by atoms with E-state index >= 15 is 0 Å². The Balaban J connectivity index is 2.34. The van der Waals surface area contributed by atoms with Crippen LogP contribution in [0.25, 0.3) is 0 Å². The molecule has 0 unspecified atom stereocenters. The fourth-order valence-electron chi connectivity index (χ4n) is 3.66. The van der Waals surface area contributed by atoms with Gasteiger partial charge in [-0.15, -0.1) is 0 Å². The molecule has 2 rings (SSSR count). The summed E-state index contributed by atoms with van der Waals surface area (Å²) in [5, 5.41) is 19.9. The first-order valence-corrected chi connectivity index (χ1v) is 10.0. The summed E-state index contributed by atoms with van der Waals surface area (Å²) < 4.78 is 0. The Kier molecular flexibility index (Phi) is 7.43. The fraction of sp³-hybridized carbons (Fsp3) is 0.417. The van der Waals surface area contributed by atoms with E-state index in [1.54, 1.807) is 24.3 Å². The quantitative estimate of drug-likeness (QED) is 0.567. The van der Waals surface area contributed by atoms with Crippen LogP contribution in [-0.2, 0) is 0 Å². The van der Waals surface area contributed by atoms with Gasteiger partial charge in [-0.3, -0.25) is 4.79 Å². The third kappa shape index (κ3) is 5.59. The van der Waals surface area contributed by atoms with Crippen LogP contribution in [-0.4, -0.2) is 35.1 Å². The first kappa shape index (κ1) is 22.5. The molecule has 0 amide bonds. The normalized spacial score (nSPS) is 11.3. The van der Waals surface area contributed by atoms with Gasteiger partial charge in [0, 0.05) is 30.4 Å². The van der Waals surface area contributed by atoms with Gasteiger partial charge in [0.25, 0.3) is 0 Å². The molecule has 0 aliphatic carbocycles. The average Bonchev–Trinajstić information content (AvgIpc) is 2.65. The number of phenolic OH excluding ortho intramolecular Hbond substituents is 1. The predicted molar refractivity (Wildman–Crippen MR) is 116 cm³/mol. The van der Waals surface area contributed by atoms with Crippen molar-refractivity contribution >= 4 is 17.4 Å². The van der Waals surface area contributed by atoms with Crippen molar-refractivity contribution in [2.24, 2.45) is 11.8 Å². The standard InChI is InChI=1S/C24H31NO4/c1-15(2)12-18(13-16(3)4)25(5)17-10-11-21(22(26)14-17)23(27)19-8-6-7-9-20(19)24(28)29/h6-11,14-16,18,26H,12-13H2,1-5H3,(H,28,29). The Bertz CT molecular complexity index is 863. The Hall–Kier alpha value is -2.82. The van der Waals surface area contributed by atoms with E-state index in [1.165, 1.54) is 12.1 Å². The third-order valence-electron chi connectivity index (χ3n) is 5.07. The van der Waals surface area contributed by atoms with E-state index in [4.69, 9.17) is 0 Å². The maximum atomic E-state index is 12.9. The molecule has 0 bridgehead atoms. The Morgan fingerprint density at radius 1 is 0.897 bits per heavy atom. The number of benzene rings is 2. The Labute approximate surface area is 173 Å². The third-order valence-corrected chi connectivity index (χ3v) is 5.07. The lowest BCUT2D eigenvalue weighted by atomic mass is 9.93. The maximum absolute atomic E-state index is 12.9. The highest BCUT2D eigenvalue weighted by Crippen LogP contribution is 2.30. The molecule has 0 saturated carbocycles. The van der Waals surface area contributed by atoms with Crippen LogP contribution in [0.5, 0.6) is 5.75 Å². The number of carboxylic acids is 1. The molecule has 2 aromatic carbocycles. The zero-order valence-corrected chi connectivity index (χ0v) is 17.8. The summed E-state index contributed by atoms with van der Waals surface area (Å²) in [5.74, 6) is -0.732. The minimum absolute atomic E-state index is 0.0638. The smallest absolute Gasteiger partial charge is 0.336 e. The SMILES string of the molecule is CC(C)CC(CC(C)C)N(C)c1ccc(C(=O)c2ccccc2C(=O)O)c(O)c1. The first-order chi connectivity index (χ1) is 13.6. The molecule has 0 atom stereocenters. The first-order valence-electron chi connectivity index (χ1n) is 10.0. The molecule has 0 heterocycles. The monoisotopic (exact) mass is 397 g/mol. The molecular formula is C24H31NO4. The molecule has 156 valence electrons. The van der Waals surface area contributed by atoms with Crippen molar-refractivity contribution in [1.29, 1.82) is 0 Å². The molecule has 2 aromatic rings. The van der Waals surface area contributed by atoms with Crippen LogP contribution in [0.2, 0.25) is 0 Å². The van der Waals surface area contributed by atoms with Crippen molar-refractivity contribution in [3.05, 3.63) is 59.2 Å². The zero-order chi connectivity index (χ0) is 21.7. The minimum Gasteiger partial charge on any atom is -0.507 e. The van der Waals surface area contributed by atoms with E-state index in [0.717, 1.165) is 18.5 Å². The number of aromatic hydroxyl groups is 1. The van der Waals surface area contributed by atoms with Gasteiger partial charge in [0.15, 0.2) is 5.78 Å². The van der Waals surface area contributed by atoms with Gasteiger partial charge in [0.05, 0.1) is 11.1 Å². The Morgan fingerprint density at radius 3 is 1.93 bits per heavy atom. The number of carboxylic acid groups (broad SMARTS) is 1. The molecule has 2 N–H and O–H groups in total. The van der Waals surface area contributed by atoms with Gasteiger partial charge in [0.2, 0.25) is 0 Å². The van der Waals surface area contributed by atoms with Gasteiger partial charge in [0.1, 0.15) is 5.75 Å². The topological polar surface area (TPSA) is 77.8 Å². The lowest BCUT2D eigenvalue weighted by Gasteiger charge is -2.33. The number of carbonyl (C=O) groups excluding carboxylic acids is 1. The summed E-state index contributed by atoms with van der Waals surface area (Å²) in [6.45, 7) is 8.78. The summed E-state index contributed by atoms with van der Waals surface area (Å²) in [6, 6.07) is 11.3. The van der Waals surface area contributed by atoms with Crippen molar-refractivity contribution in [2.75, 3.05) is 11.9 Å². The number of carbonyl (C=O) groups is 2. The summed E-state index contributed by atoms with van der Waals surface area (Å²) >= 11 is 0. The number of phenols is 1. The van der Waals surface area contributed by atoms with E-state index in [9.17, 15) is 19.8 Å². The van der Waals surface area contributed by atoms with E-state index in [1.807, 2.05) is 13.1 Å². The Morgan fingerprint density at radius 2 is 1.45 bits per heavy atom. The molecule has 0 saturated heterocycles. The average molecular weight is 398 g/mol. The number of rotatable bonds is 9. The molecule has 5 heteroatoms. The number of anilines is 1. The molecule has 0 fully saturated rings. The number of aromatic carboxylic acids is 1. The highest BCUT2D eigenvalue weighted by molar-refractivity contribution is 6.15. The van der Waals surface area contributed by atoms with Crippen molar-refractivity contribution < 1.29 is 19.8 Å². The van der Waals surface area contributed by atoms with Gasteiger partial charge in [-0.05, 0) is 42.9 Å². The summed E-state index contributed by atoms with van der Waals surface area (Å²) in [5.41, 5.74) is 0.915. The van der Waals surface area contributed by atoms with Crippen molar-refractivity contribution in [1.82, 2.24) is 0 Å². The van der Waals surface area contributed by atoms with Crippen molar-refractivity contribution in [2.45, 2.75) is 46.6 Å². The number of hydrogen-bond donors (Lipinski definition) is 2. The molecule has 0 aliphatic heterocycles. The maximum Gasteiger partial charge on any atom is 0.336 e. The van der Waals surface area contributed by atoms with Gasteiger partial charge < -0.3 is 15.1 Å². The van der Waals surface area contributed by atoms with Gasteiger partial charge in [-0.2, -0.15) is 0 Å². The second kappa shape index (κ2) is 9.59. The molecule has 29 heavy (non-hydrogen) atoms. The minimum atomic E-state index is -1.17. The van der Waals surface area contributed by atoms with Crippen LogP contribution in [0.4, 0.5) is 5.69 Å². The molecule has 5 nitrogen and oxygen atoms in total. The van der Waals surface area contributed by atoms with Gasteiger partial charge >= 0.3 is 5.97 Å². The van der Waals surface area contributed by atoms with E-state index < -0.39 is 11.8 Å². The molecular weight excluding hydrogens is 366 g/mol. The number of ketones is 1. The molecule has 0 radical (unpaired) electrons. The second-order valence-electron chi connectivity index (χ2n) is 8.41. The van der Waals surface area contributed by atoms with Crippen molar-refractivity contribution in [3.63, 3.8) is 0 Å².